The van der Waals surface area contributed by atoms with Crippen molar-refractivity contribution in [3.8, 4) is 0 Å². The number of likely N-dealkylation sites (tertiary alicyclic amines) is 1. The van der Waals surface area contributed by atoms with E-state index in [0.717, 1.165) is 43.9 Å². The van der Waals surface area contributed by atoms with E-state index < -0.39 is 11.6 Å². The first-order valence-corrected chi connectivity index (χ1v) is 9.08. The summed E-state index contributed by atoms with van der Waals surface area (Å²) in [4.78, 5) is 26.3. The van der Waals surface area contributed by atoms with Crippen LogP contribution in [-0.4, -0.2) is 35.8 Å². The van der Waals surface area contributed by atoms with Crippen LogP contribution in [0.15, 0.2) is 18.2 Å². The lowest BCUT2D eigenvalue weighted by Gasteiger charge is -2.33. The van der Waals surface area contributed by atoms with E-state index in [0.29, 0.717) is 25.9 Å². The number of hydrogen-bond acceptors (Lipinski definition) is 2. The van der Waals surface area contributed by atoms with Crippen LogP contribution in [0, 0.1) is 17.6 Å². The van der Waals surface area contributed by atoms with Crippen molar-refractivity contribution in [1.29, 1.82) is 0 Å². The fourth-order valence-electron chi connectivity index (χ4n) is 3.77. The molecule has 1 aliphatic carbocycles. The highest BCUT2D eigenvalue weighted by Crippen LogP contribution is 2.24. The molecule has 0 radical (unpaired) electrons. The average Bonchev–Trinajstić information content (AvgIpc) is 2.61. The number of piperidine rings is 1. The van der Waals surface area contributed by atoms with Crippen LogP contribution < -0.4 is 5.32 Å². The molecular formula is C19H24F2N2O2. The predicted molar refractivity (Wildman–Crippen MR) is 90.0 cm³/mol. The Bertz CT molecular complexity index is 616. The molecule has 1 aromatic carbocycles. The van der Waals surface area contributed by atoms with Gasteiger partial charge in [-0.15, -0.1) is 0 Å². The van der Waals surface area contributed by atoms with Gasteiger partial charge in [-0.3, -0.25) is 9.59 Å². The number of carbonyl (C=O) groups is 2. The molecule has 4 nitrogen and oxygen atoms in total. The second kappa shape index (κ2) is 7.93. The van der Waals surface area contributed by atoms with Gasteiger partial charge in [-0.1, -0.05) is 19.3 Å². The topological polar surface area (TPSA) is 49.4 Å². The van der Waals surface area contributed by atoms with Crippen molar-refractivity contribution in [3.63, 3.8) is 0 Å². The van der Waals surface area contributed by atoms with E-state index in [-0.39, 0.29) is 29.3 Å². The Morgan fingerprint density at radius 3 is 2.12 bits per heavy atom. The van der Waals surface area contributed by atoms with Gasteiger partial charge in [0.25, 0.3) is 5.91 Å². The second-order valence-electron chi connectivity index (χ2n) is 7.07. The van der Waals surface area contributed by atoms with E-state index in [9.17, 15) is 18.4 Å². The van der Waals surface area contributed by atoms with Gasteiger partial charge in [0.1, 0.15) is 11.6 Å². The summed E-state index contributed by atoms with van der Waals surface area (Å²) in [6.45, 7) is 0.957. The molecule has 1 aromatic rings. The minimum Gasteiger partial charge on any atom is -0.353 e. The van der Waals surface area contributed by atoms with E-state index in [1.54, 1.807) is 4.90 Å². The van der Waals surface area contributed by atoms with Crippen molar-refractivity contribution in [2.45, 2.75) is 51.0 Å². The van der Waals surface area contributed by atoms with Crippen LogP contribution in [0.1, 0.15) is 55.3 Å². The molecule has 0 bridgehead atoms. The van der Waals surface area contributed by atoms with E-state index in [2.05, 4.69) is 5.32 Å². The summed E-state index contributed by atoms with van der Waals surface area (Å²) in [5.74, 6) is -1.60. The van der Waals surface area contributed by atoms with Gasteiger partial charge in [0, 0.05) is 36.7 Å². The van der Waals surface area contributed by atoms with Crippen molar-refractivity contribution >= 4 is 11.8 Å². The van der Waals surface area contributed by atoms with Gasteiger partial charge in [-0.2, -0.15) is 0 Å². The van der Waals surface area contributed by atoms with Crippen LogP contribution in [0.2, 0.25) is 0 Å². The first-order valence-electron chi connectivity index (χ1n) is 9.08. The smallest absolute Gasteiger partial charge is 0.254 e. The summed E-state index contributed by atoms with van der Waals surface area (Å²) in [7, 11) is 0. The van der Waals surface area contributed by atoms with Crippen LogP contribution in [0.5, 0.6) is 0 Å². The Balaban J connectivity index is 1.51. The predicted octanol–water partition coefficient (Wildman–Crippen LogP) is 3.27. The van der Waals surface area contributed by atoms with Gasteiger partial charge in [0.15, 0.2) is 0 Å². The van der Waals surface area contributed by atoms with Crippen molar-refractivity contribution in [1.82, 2.24) is 10.2 Å². The quantitative estimate of drug-likeness (QED) is 0.910. The third-order valence-electron chi connectivity index (χ3n) is 5.21. The molecule has 1 saturated carbocycles. The zero-order valence-electron chi connectivity index (χ0n) is 14.3. The van der Waals surface area contributed by atoms with E-state index >= 15 is 0 Å². The maximum atomic E-state index is 13.3. The molecule has 3 rings (SSSR count). The molecule has 0 spiro atoms. The molecular weight excluding hydrogens is 326 g/mol. The highest BCUT2D eigenvalue weighted by Gasteiger charge is 2.28. The number of benzene rings is 1. The summed E-state index contributed by atoms with van der Waals surface area (Å²) in [5.41, 5.74) is 0.0298. The lowest BCUT2D eigenvalue weighted by atomic mass is 9.88. The molecule has 1 saturated heterocycles. The second-order valence-corrected chi connectivity index (χ2v) is 7.07. The lowest BCUT2D eigenvalue weighted by Crippen LogP contribution is -2.48. The van der Waals surface area contributed by atoms with Gasteiger partial charge in [-0.05, 0) is 37.8 Å². The molecule has 2 amide bonds. The van der Waals surface area contributed by atoms with Gasteiger partial charge in [-0.25, -0.2) is 8.78 Å². The molecule has 6 heteroatoms. The molecule has 0 unspecified atom stereocenters. The standard InChI is InChI=1S/C19H24F2N2O2/c20-15-10-14(11-16(21)12-15)19(25)23-8-6-17(7-9-23)22-18(24)13-4-2-1-3-5-13/h10-13,17H,1-9H2,(H,22,24). The van der Waals surface area contributed by atoms with Crippen molar-refractivity contribution < 1.29 is 18.4 Å². The summed E-state index contributed by atoms with van der Waals surface area (Å²) in [6.07, 6.45) is 6.72. The Hall–Kier alpha value is -1.98. The van der Waals surface area contributed by atoms with Gasteiger partial charge in [0.2, 0.25) is 5.91 Å². The number of carbonyl (C=O) groups excluding carboxylic acids is 2. The molecule has 0 aromatic heterocycles. The number of nitrogens with zero attached hydrogens (tertiary/aromatic N) is 1. The average molecular weight is 350 g/mol. The number of hydrogen-bond donors (Lipinski definition) is 1. The summed E-state index contributed by atoms with van der Waals surface area (Å²) >= 11 is 0. The van der Waals surface area contributed by atoms with E-state index in [4.69, 9.17) is 0 Å². The van der Waals surface area contributed by atoms with Crippen molar-refractivity contribution in [2.75, 3.05) is 13.1 Å². The SMILES string of the molecule is O=C(NC1CCN(C(=O)c2cc(F)cc(F)c2)CC1)C1CCCCC1. The van der Waals surface area contributed by atoms with Crippen LogP contribution in [-0.2, 0) is 4.79 Å². The van der Waals surface area contributed by atoms with Gasteiger partial charge >= 0.3 is 0 Å². The Morgan fingerprint density at radius 1 is 0.920 bits per heavy atom. The minimum atomic E-state index is -0.752. The van der Waals surface area contributed by atoms with Crippen LogP contribution in [0.3, 0.4) is 0 Å². The van der Waals surface area contributed by atoms with Crippen LogP contribution in [0.4, 0.5) is 8.78 Å². The molecule has 1 N–H and O–H groups in total. The molecule has 136 valence electrons. The summed E-state index contributed by atoms with van der Waals surface area (Å²) in [5, 5.41) is 3.11. The highest BCUT2D eigenvalue weighted by molar-refractivity contribution is 5.94. The van der Waals surface area contributed by atoms with Crippen molar-refractivity contribution in [2.24, 2.45) is 5.92 Å². The third-order valence-corrected chi connectivity index (χ3v) is 5.21. The normalized spacial score (nSPS) is 19.7. The van der Waals surface area contributed by atoms with E-state index in [1.165, 1.54) is 6.42 Å². The van der Waals surface area contributed by atoms with E-state index in [1.807, 2.05) is 0 Å². The Morgan fingerprint density at radius 2 is 1.52 bits per heavy atom. The first-order chi connectivity index (χ1) is 12.0. The lowest BCUT2D eigenvalue weighted by molar-refractivity contribution is -0.126. The monoisotopic (exact) mass is 350 g/mol. The van der Waals surface area contributed by atoms with Gasteiger partial charge in [0.05, 0.1) is 0 Å². The zero-order chi connectivity index (χ0) is 17.8. The molecule has 25 heavy (non-hydrogen) atoms. The third kappa shape index (κ3) is 4.55. The number of rotatable bonds is 3. The Labute approximate surface area is 146 Å². The zero-order valence-corrected chi connectivity index (χ0v) is 14.3. The minimum absolute atomic E-state index is 0.0298. The van der Waals surface area contributed by atoms with Crippen molar-refractivity contribution in [3.05, 3.63) is 35.4 Å². The number of amides is 2. The summed E-state index contributed by atoms with van der Waals surface area (Å²) in [6, 6.07) is 2.94. The fourth-order valence-corrected chi connectivity index (χ4v) is 3.77. The summed E-state index contributed by atoms with van der Waals surface area (Å²) < 4.78 is 26.6. The first kappa shape index (κ1) is 17.8. The maximum absolute atomic E-state index is 13.3. The number of halogens is 2. The molecule has 1 heterocycles. The van der Waals surface area contributed by atoms with Crippen LogP contribution in [0.25, 0.3) is 0 Å². The maximum Gasteiger partial charge on any atom is 0.254 e. The van der Waals surface area contributed by atoms with Crippen LogP contribution >= 0.6 is 0 Å². The highest BCUT2D eigenvalue weighted by atomic mass is 19.1. The molecule has 2 fully saturated rings. The fraction of sp³-hybridized carbons (Fsp3) is 0.579. The molecule has 2 aliphatic rings. The molecule has 0 atom stereocenters. The Kier molecular flexibility index (Phi) is 5.66. The number of nitrogens with one attached hydrogen (secondary N) is 1. The largest absolute Gasteiger partial charge is 0.353 e. The van der Waals surface area contributed by atoms with Gasteiger partial charge < -0.3 is 10.2 Å². The molecule has 1 aliphatic heterocycles.